The predicted octanol–water partition coefficient (Wildman–Crippen LogP) is 2.93. The summed E-state index contributed by atoms with van der Waals surface area (Å²) in [6.45, 7) is 0.425. The van der Waals surface area contributed by atoms with E-state index in [4.69, 9.17) is 22.1 Å². The maximum atomic E-state index is 6.12. The summed E-state index contributed by atoms with van der Waals surface area (Å²) < 4.78 is 5.56. The van der Waals surface area contributed by atoms with Crippen LogP contribution >= 0.6 is 11.6 Å². The van der Waals surface area contributed by atoms with Crippen LogP contribution in [-0.4, -0.2) is 15.2 Å². The lowest BCUT2D eigenvalue weighted by Gasteiger charge is -2.07. The molecule has 0 fully saturated rings. The Morgan fingerprint density at radius 2 is 1.85 bits per heavy atom. The summed E-state index contributed by atoms with van der Waals surface area (Å²) in [6, 6.07) is 12.9. The van der Waals surface area contributed by atoms with E-state index < -0.39 is 0 Å². The Bertz CT molecular complexity index is 763. The lowest BCUT2D eigenvalue weighted by atomic mass is 10.2. The molecule has 3 rings (SSSR count). The fourth-order valence-corrected chi connectivity index (χ4v) is 2.00. The first-order valence-electron chi connectivity index (χ1n) is 6.02. The van der Waals surface area contributed by atoms with Crippen LogP contribution in [0.15, 0.2) is 42.5 Å². The van der Waals surface area contributed by atoms with Gasteiger partial charge in [0, 0.05) is 6.54 Å². The van der Waals surface area contributed by atoms with Crippen molar-refractivity contribution >= 4 is 22.6 Å². The van der Waals surface area contributed by atoms with Crippen molar-refractivity contribution < 1.29 is 4.74 Å². The number of nitrogens with two attached hydrogens (primary N) is 1. The lowest BCUT2D eigenvalue weighted by Crippen LogP contribution is -1.98. The molecule has 6 heteroatoms. The molecule has 0 amide bonds. The van der Waals surface area contributed by atoms with E-state index in [1.807, 2.05) is 30.3 Å². The number of rotatable bonds is 3. The SMILES string of the molecule is NCc1ccc(Oc2nnc3ccccc3n2)c(Cl)c1. The van der Waals surface area contributed by atoms with Crippen LogP contribution in [-0.2, 0) is 6.54 Å². The Kier molecular flexibility index (Phi) is 3.45. The Morgan fingerprint density at radius 3 is 2.60 bits per heavy atom. The van der Waals surface area contributed by atoms with Gasteiger partial charge in [-0.2, -0.15) is 4.98 Å². The molecule has 0 spiro atoms. The summed E-state index contributed by atoms with van der Waals surface area (Å²) in [5.41, 5.74) is 7.91. The molecule has 2 N–H and O–H groups in total. The molecule has 0 aliphatic carbocycles. The van der Waals surface area contributed by atoms with Crippen LogP contribution < -0.4 is 10.5 Å². The van der Waals surface area contributed by atoms with Crippen molar-refractivity contribution in [3.05, 3.63) is 53.1 Å². The van der Waals surface area contributed by atoms with Crippen molar-refractivity contribution in [1.29, 1.82) is 0 Å². The molecule has 5 nitrogen and oxygen atoms in total. The normalized spacial score (nSPS) is 10.7. The number of nitrogens with zero attached hydrogens (tertiary/aromatic N) is 3. The van der Waals surface area contributed by atoms with Gasteiger partial charge in [0.15, 0.2) is 0 Å². The number of ether oxygens (including phenoxy) is 1. The second-order valence-corrected chi connectivity index (χ2v) is 4.56. The Hall–Kier alpha value is -2.24. The Labute approximate surface area is 120 Å². The topological polar surface area (TPSA) is 73.9 Å². The van der Waals surface area contributed by atoms with Gasteiger partial charge in [0.05, 0.1) is 10.5 Å². The lowest BCUT2D eigenvalue weighted by molar-refractivity contribution is 0.437. The van der Waals surface area contributed by atoms with Gasteiger partial charge in [-0.25, -0.2) is 0 Å². The number of hydrogen-bond donors (Lipinski definition) is 1. The number of halogens is 1. The van der Waals surface area contributed by atoms with Gasteiger partial charge in [-0.3, -0.25) is 0 Å². The maximum absolute atomic E-state index is 6.12. The van der Waals surface area contributed by atoms with Gasteiger partial charge >= 0.3 is 6.01 Å². The van der Waals surface area contributed by atoms with E-state index in [1.165, 1.54) is 0 Å². The second-order valence-electron chi connectivity index (χ2n) is 4.15. The van der Waals surface area contributed by atoms with E-state index in [0.717, 1.165) is 5.56 Å². The van der Waals surface area contributed by atoms with Crippen LogP contribution in [0, 0.1) is 0 Å². The molecule has 0 bridgehead atoms. The van der Waals surface area contributed by atoms with E-state index in [1.54, 1.807) is 12.1 Å². The minimum absolute atomic E-state index is 0.158. The first-order chi connectivity index (χ1) is 9.76. The van der Waals surface area contributed by atoms with Crippen LogP contribution in [0.2, 0.25) is 5.02 Å². The molecule has 1 aromatic heterocycles. The van der Waals surface area contributed by atoms with Gasteiger partial charge in [0.1, 0.15) is 11.3 Å². The monoisotopic (exact) mass is 286 g/mol. The Morgan fingerprint density at radius 1 is 1.05 bits per heavy atom. The van der Waals surface area contributed by atoms with Crippen molar-refractivity contribution in [3.63, 3.8) is 0 Å². The molecular formula is C14H11ClN4O. The predicted molar refractivity (Wildman–Crippen MR) is 76.8 cm³/mol. The Balaban J connectivity index is 1.92. The summed E-state index contributed by atoms with van der Waals surface area (Å²) >= 11 is 6.12. The van der Waals surface area contributed by atoms with Gasteiger partial charge in [-0.1, -0.05) is 34.9 Å². The molecule has 100 valence electrons. The van der Waals surface area contributed by atoms with Crippen LogP contribution in [0.25, 0.3) is 11.0 Å². The molecule has 20 heavy (non-hydrogen) atoms. The van der Waals surface area contributed by atoms with Gasteiger partial charge in [-0.05, 0) is 29.8 Å². The molecular weight excluding hydrogens is 276 g/mol. The highest BCUT2D eigenvalue weighted by Crippen LogP contribution is 2.28. The standard InChI is InChI=1S/C14H11ClN4O/c15-10-7-9(8-16)5-6-13(10)20-14-17-11-3-1-2-4-12(11)18-19-14/h1-7H,8,16H2. The average molecular weight is 287 g/mol. The van der Waals surface area contributed by atoms with Crippen molar-refractivity contribution in [3.8, 4) is 11.8 Å². The summed E-state index contributed by atoms with van der Waals surface area (Å²) in [5, 5.41) is 8.42. The van der Waals surface area contributed by atoms with Crippen LogP contribution in [0.4, 0.5) is 0 Å². The van der Waals surface area contributed by atoms with Gasteiger partial charge < -0.3 is 10.5 Å². The first kappa shape index (κ1) is 12.8. The molecule has 0 atom stereocenters. The van der Waals surface area contributed by atoms with E-state index in [-0.39, 0.29) is 6.01 Å². The summed E-state index contributed by atoms with van der Waals surface area (Å²) in [7, 11) is 0. The van der Waals surface area contributed by atoms with E-state index in [2.05, 4.69) is 15.2 Å². The molecule has 2 aromatic carbocycles. The van der Waals surface area contributed by atoms with E-state index in [9.17, 15) is 0 Å². The fraction of sp³-hybridized carbons (Fsp3) is 0.0714. The van der Waals surface area contributed by atoms with Gasteiger partial charge in [0.25, 0.3) is 0 Å². The summed E-state index contributed by atoms with van der Waals surface area (Å²) in [6.07, 6.45) is 0. The molecule has 0 aliphatic heterocycles. The highest BCUT2D eigenvalue weighted by atomic mass is 35.5. The highest BCUT2D eigenvalue weighted by Gasteiger charge is 2.07. The molecule has 1 heterocycles. The third-order valence-corrected chi connectivity index (χ3v) is 3.07. The van der Waals surface area contributed by atoms with Crippen LogP contribution in [0.5, 0.6) is 11.8 Å². The molecule has 3 aromatic rings. The molecule has 0 saturated heterocycles. The molecule has 0 aliphatic rings. The highest BCUT2D eigenvalue weighted by molar-refractivity contribution is 6.32. The quantitative estimate of drug-likeness (QED) is 0.801. The third-order valence-electron chi connectivity index (χ3n) is 2.77. The van der Waals surface area contributed by atoms with E-state index >= 15 is 0 Å². The summed E-state index contributed by atoms with van der Waals surface area (Å²) in [5.74, 6) is 0.473. The van der Waals surface area contributed by atoms with Crippen LogP contribution in [0.3, 0.4) is 0 Å². The third kappa shape index (κ3) is 2.54. The van der Waals surface area contributed by atoms with Crippen molar-refractivity contribution in [2.24, 2.45) is 5.73 Å². The number of hydrogen-bond acceptors (Lipinski definition) is 5. The van der Waals surface area contributed by atoms with Crippen LogP contribution in [0.1, 0.15) is 5.56 Å². The van der Waals surface area contributed by atoms with Gasteiger partial charge in [0.2, 0.25) is 0 Å². The minimum atomic E-state index is 0.158. The zero-order chi connectivity index (χ0) is 13.9. The zero-order valence-corrected chi connectivity index (χ0v) is 11.2. The smallest absolute Gasteiger partial charge is 0.341 e. The zero-order valence-electron chi connectivity index (χ0n) is 10.5. The van der Waals surface area contributed by atoms with Crippen molar-refractivity contribution in [1.82, 2.24) is 15.2 Å². The minimum Gasteiger partial charge on any atom is -0.422 e. The number of benzene rings is 2. The number of para-hydroxylation sites is 1. The van der Waals surface area contributed by atoms with Crippen molar-refractivity contribution in [2.75, 3.05) is 0 Å². The molecule has 0 saturated carbocycles. The maximum Gasteiger partial charge on any atom is 0.341 e. The number of aromatic nitrogens is 3. The average Bonchev–Trinajstić information content (AvgIpc) is 2.49. The number of fused-ring (bicyclic) bond motifs is 1. The molecule has 0 unspecified atom stereocenters. The van der Waals surface area contributed by atoms with Gasteiger partial charge in [-0.15, -0.1) is 5.10 Å². The second kappa shape index (κ2) is 5.40. The first-order valence-corrected chi connectivity index (χ1v) is 6.40. The fourth-order valence-electron chi connectivity index (χ4n) is 1.76. The van der Waals surface area contributed by atoms with E-state index in [0.29, 0.717) is 28.4 Å². The summed E-state index contributed by atoms with van der Waals surface area (Å²) in [4.78, 5) is 4.28. The van der Waals surface area contributed by atoms with Crippen molar-refractivity contribution in [2.45, 2.75) is 6.54 Å². The largest absolute Gasteiger partial charge is 0.422 e. The molecule has 0 radical (unpaired) electrons.